The number of hydrogen-bond donors (Lipinski definition) is 2. The van der Waals surface area contributed by atoms with Crippen molar-refractivity contribution in [1.82, 2.24) is 25.0 Å². The number of amides is 1. The molecule has 7 heteroatoms. The Kier molecular flexibility index (Phi) is 6.29. The lowest BCUT2D eigenvalue weighted by Crippen LogP contribution is -2.35. The number of aromatic nitrogens is 3. The topological polar surface area (TPSA) is 80.5 Å². The first-order valence-electron chi connectivity index (χ1n) is 13.1. The maximum absolute atomic E-state index is 13.4. The maximum atomic E-state index is 13.4. The zero-order chi connectivity index (χ0) is 26.1. The van der Waals surface area contributed by atoms with E-state index in [1.165, 1.54) is 19.5 Å². The molecule has 1 saturated heterocycles. The Bertz CT molecular complexity index is 1630. The van der Waals surface area contributed by atoms with Crippen LogP contribution in [0.5, 0.6) is 5.75 Å². The number of nitrogens with one attached hydrogen (secondary N) is 2. The molecule has 7 rings (SSSR count). The molecule has 5 aromatic rings. The highest BCUT2D eigenvalue weighted by Gasteiger charge is 2.47. The molecule has 0 bridgehead atoms. The highest BCUT2D eigenvalue weighted by Crippen LogP contribution is 2.49. The quantitative estimate of drug-likeness (QED) is 0.340. The molecule has 2 aliphatic rings. The first-order chi connectivity index (χ1) is 18.6. The molecule has 0 unspecified atom stereocenters. The molecule has 192 valence electrons. The van der Waals surface area contributed by atoms with Crippen LogP contribution in [-0.2, 0) is 5.54 Å². The minimum absolute atomic E-state index is 0.0937. The third-order valence-corrected chi connectivity index (χ3v) is 7.45. The number of imidazole rings is 1. The van der Waals surface area contributed by atoms with Gasteiger partial charge in [0.05, 0.1) is 35.7 Å². The number of carbonyl (C=O) groups is 1. The summed E-state index contributed by atoms with van der Waals surface area (Å²) in [4.78, 5) is 22.7. The molecular formula is C31H31N5O2. The molecule has 2 N–H and O–H groups in total. The minimum Gasteiger partial charge on any atom is -0.497 e. The van der Waals surface area contributed by atoms with Crippen LogP contribution >= 0.6 is 0 Å². The van der Waals surface area contributed by atoms with Crippen molar-refractivity contribution < 1.29 is 9.53 Å². The molecule has 1 aliphatic carbocycles. The standard InChI is InChI=1S/C28H24N4O2.C3H7N/c1-18-8-9-20(34-2)16-22(18)27(33)31-28(10-11-28)23-14-19(15-24-21(23)6-5-12-29-24)26-25-7-3-4-13-32(25)17-30-26;1-2-4-3-1/h3-9,12-17H,10-11H2,1-2H3,(H,31,33);4H,1-3H2. The number of pyridine rings is 2. The van der Waals surface area contributed by atoms with Gasteiger partial charge < -0.3 is 19.8 Å². The predicted octanol–water partition coefficient (Wildman–Crippen LogP) is 5.27. The fraction of sp³-hybridized carbons (Fsp3) is 0.258. The summed E-state index contributed by atoms with van der Waals surface area (Å²) in [5, 5.41) is 7.51. The molecule has 2 aromatic carbocycles. The summed E-state index contributed by atoms with van der Waals surface area (Å²) >= 11 is 0. The number of fused-ring (bicyclic) bond motifs is 2. The van der Waals surface area contributed by atoms with E-state index in [2.05, 4.69) is 44.9 Å². The van der Waals surface area contributed by atoms with Crippen LogP contribution in [0.4, 0.5) is 0 Å². The van der Waals surface area contributed by atoms with E-state index in [-0.39, 0.29) is 5.91 Å². The van der Waals surface area contributed by atoms with Crippen molar-refractivity contribution in [2.75, 3.05) is 20.2 Å². The number of methoxy groups -OCH3 is 1. The molecule has 2 fully saturated rings. The fourth-order valence-electron chi connectivity index (χ4n) is 4.90. The SMILES string of the molecule is C1CNC1.COc1ccc(C)c(C(=O)NC2(c3cc(-c4ncn5ccccc45)cc4ncccc34)CC2)c1. The lowest BCUT2D eigenvalue weighted by Gasteiger charge is -2.22. The number of benzene rings is 2. The van der Waals surface area contributed by atoms with Gasteiger partial charge in [0.25, 0.3) is 5.91 Å². The van der Waals surface area contributed by atoms with Gasteiger partial charge in [-0.3, -0.25) is 9.78 Å². The van der Waals surface area contributed by atoms with Gasteiger partial charge in [-0.25, -0.2) is 4.98 Å². The molecule has 38 heavy (non-hydrogen) atoms. The largest absolute Gasteiger partial charge is 0.497 e. The van der Waals surface area contributed by atoms with E-state index in [0.717, 1.165) is 51.6 Å². The van der Waals surface area contributed by atoms with Crippen LogP contribution in [-0.4, -0.2) is 40.5 Å². The number of aryl methyl sites for hydroxylation is 1. The smallest absolute Gasteiger partial charge is 0.252 e. The molecule has 1 amide bonds. The van der Waals surface area contributed by atoms with Crippen LogP contribution in [0.15, 0.2) is 79.4 Å². The summed E-state index contributed by atoms with van der Waals surface area (Å²) < 4.78 is 7.35. The van der Waals surface area contributed by atoms with E-state index in [1.54, 1.807) is 19.4 Å². The van der Waals surface area contributed by atoms with Crippen LogP contribution in [0, 0.1) is 6.92 Å². The van der Waals surface area contributed by atoms with Crippen LogP contribution < -0.4 is 15.4 Å². The minimum atomic E-state index is -0.431. The third-order valence-electron chi connectivity index (χ3n) is 7.45. The molecule has 3 aromatic heterocycles. The number of carbonyl (C=O) groups excluding carboxylic acids is 1. The van der Waals surface area contributed by atoms with E-state index in [4.69, 9.17) is 4.74 Å². The fourth-order valence-corrected chi connectivity index (χ4v) is 4.90. The van der Waals surface area contributed by atoms with Crippen molar-refractivity contribution in [1.29, 1.82) is 0 Å². The number of nitrogens with zero attached hydrogens (tertiary/aromatic N) is 3. The molecule has 1 aliphatic heterocycles. The van der Waals surface area contributed by atoms with Gasteiger partial charge in [0.15, 0.2) is 0 Å². The Morgan fingerprint density at radius 3 is 2.61 bits per heavy atom. The first kappa shape index (κ1) is 24.1. The second-order valence-electron chi connectivity index (χ2n) is 10.0. The average molecular weight is 506 g/mol. The first-order valence-corrected chi connectivity index (χ1v) is 13.1. The normalized spacial score (nSPS) is 15.3. The number of ether oxygens (including phenoxy) is 1. The molecule has 4 heterocycles. The highest BCUT2D eigenvalue weighted by molar-refractivity contribution is 5.98. The lowest BCUT2D eigenvalue weighted by atomic mass is 9.94. The van der Waals surface area contributed by atoms with Gasteiger partial charge in [0, 0.05) is 28.9 Å². The van der Waals surface area contributed by atoms with Crippen LogP contribution in [0.25, 0.3) is 27.7 Å². The summed E-state index contributed by atoms with van der Waals surface area (Å²) in [6, 6.07) is 19.9. The maximum Gasteiger partial charge on any atom is 0.252 e. The summed E-state index contributed by atoms with van der Waals surface area (Å²) in [5.74, 6) is 0.577. The third kappa shape index (κ3) is 4.50. The number of hydrogen-bond acceptors (Lipinski definition) is 5. The second kappa shape index (κ2) is 9.91. The van der Waals surface area contributed by atoms with Crippen LogP contribution in [0.3, 0.4) is 0 Å². The van der Waals surface area contributed by atoms with Gasteiger partial charge >= 0.3 is 0 Å². The zero-order valence-corrected chi connectivity index (χ0v) is 21.7. The van der Waals surface area contributed by atoms with E-state index in [9.17, 15) is 4.79 Å². The van der Waals surface area contributed by atoms with Gasteiger partial charge in [0.2, 0.25) is 0 Å². The Balaban J connectivity index is 0.000000606. The van der Waals surface area contributed by atoms with E-state index >= 15 is 0 Å². The van der Waals surface area contributed by atoms with Crippen molar-refractivity contribution in [3.63, 3.8) is 0 Å². The molecule has 7 nitrogen and oxygen atoms in total. The summed E-state index contributed by atoms with van der Waals surface area (Å²) in [5.41, 5.74) is 6.02. The van der Waals surface area contributed by atoms with Crippen LogP contribution in [0.1, 0.15) is 40.7 Å². The van der Waals surface area contributed by atoms with Gasteiger partial charge in [-0.15, -0.1) is 0 Å². The van der Waals surface area contributed by atoms with Gasteiger partial charge in [-0.2, -0.15) is 0 Å². The molecule has 0 spiro atoms. The average Bonchev–Trinajstić information content (AvgIpc) is 3.55. The van der Waals surface area contributed by atoms with E-state index in [0.29, 0.717) is 11.3 Å². The number of rotatable bonds is 5. The van der Waals surface area contributed by atoms with E-state index in [1.807, 2.05) is 54.2 Å². The van der Waals surface area contributed by atoms with E-state index < -0.39 is 5.54 Å². The van der Waals surface area contributed by atoms with Crippen molar-refractivity contribution in [2.45, 2.75) is 31.7 Å². The highest BCUT2D eigenvalue weighted by atomic mass is 16.5. The monoisotopic (exact) mass is 505 g/mol. The van der Waals surface area contributed by atoms with Crippen molar-refractivity contribution >= 4 is 22.3 Å². The Morgan fingerprint density at radius 2 is 1.87 bits per heavy atom. The molecule has 1 saturated carbocycles. The van der Waals surface area contributed by atoms with Crippen LogP contribution in [0.2, 0.25) is 0 Å². The Labute approximate surface area is 221 Å². The van der Waals surface area contributed by atoms with Gasteiger partial charge in [0.1, 0.15) is 5.75 Å². The van der Waals surface area contributed by atoms with Crippen molar-refractivity contribution in [3.05, 3.63) is 96.1 Å². The predicted molar refractivity (Wildman–Crippen MR) is 150 cm³/mol. The van der Waals surface area contributed by atoms with Gasteiger partial charge in [-0.1, -0.05) is 18.2 Å². The lowest BCUT2D eigenvalue weighted by molar-refractivity contribution is 0.0930. The second-order valence-corrected chi connectivity index (χ2v) is 10.0. The van der Waals surface area contributed by atoms with Gasteiger partial charge in [-0.05, 0) is 92.9 Å². The molecular weight excluding hydrogens is 474 g/mol. The summed E-state index contributed by atoms with van der Waals surface area (Å²) in [6.45, 7) is 4.44. The van der Waals surface area contributed by atoms with Crippen molar-refractivity contribution in [2.24, 2.45) is 0 Å². The Hall–Kier alpha value is -4.23. The molecule has 0 radical (unpaired) electrons. The summed E-state index contributed by atoms with van der Waals surface area (Å²) in [7, 11) is 1.61. The zero-order valence-electron chi connectivity index (χ0n) is 21.7. The Morgan fingerprint density at radius 1 is 1.05 bits per heavy atom. The summed E-state index contributed by atoms with van der Waals surface area (Å²) in [6.07, 6.45) is 8.76. The molecule has 0 atom stereocenters. The van der Waals surface area contributed by atoms with Crippen molar-refractivity contribution in [3.8, 4) is 17.0 Å².